The molecule has 0 aromatic rings. The predicted octanol–water partition coefficient (Wildman–Crippen LogP) is 0.805. The zero-order valence-electron chi connectivity index (χ0n) is 13.6. The molecule has 0 radical (unpaired) electrons. The molecule has 0 aliphatic carbocycles. The Bertz CT molecular complexity index is 326. The van der Waals surface area contributed by atoms with Gasteiger partial charge in [-0.05, 0) is 34.9 Å². The molecule has 0 saturated heterocycles. The Morgan fingerprint density at radius 2 is 1.60 bits per heavy atom. The van der Waals surface area contributed by atoms with E-state index in [0.29, 0.717) is 13.1 Å². The summed E-state index contributed by atoms with van der Waals surface area (Å²) in [7, 11) is 6.70. The lowest BCUT2D eigenvalue weighted by atomic mass is 10.2. The second-order valence-corrected chi connectivity index (χ2v) is 5.78. The topological polar surface area (TPSA) is 62.3 Å². The first-order chi connectivity index (χ1) is 9.06. The zero-order valence-corrected chi connectivity index (χ0v) is 13.6. The Kier molecular flexibility index (Phi) is 7.52. The van der Waals surface area contributed by atoms with Gasteiger partial charge in [0.15, 0.2) is 0 Å². The van der Waals surface area contributed by atoms with Gasteiger partial charge in [-0.25, -0.2) is 9.86 Å². The molecule has 7 heteroatoms. The Balaban J connectivity index is 4.71. The van der Waals surface area contributed by atoms with Crippen molar-refractivity contribution in [1.29, 1.82) is 0 Å². The summed E-state index contributed by atoms with van der Waals surface area (Å²) in [5.41, 5.74) is -0.594. The summed E-state index contributed by atoms with van der Waals surface area (Å²) >= 11 is 0. The van der Waals surface area contributed by atoms with Gasteiger partial charge in [0.2, 0.25) is 0 Å². The smallest absolute Gasteiger partial charge is 0.410 e. The highest BCUT2D eigenvalue weighted by Gasteiger charge is 2.25. The van der Waals surface area contributed by atoms with Crippen molar-refractivity contribution in [2.75, 3.05) is 47.9 Å². The second-order valence-electron chi connectivity index (χ2n) is 5.78. The lowest BCUT2D eigenvalue weighted by molar-refractivity contribution is -0.169. The van der Waals surface area contributed by atoms with E-state index in [1.165, 1.54) is 19.1 Å². The van der Waals surface area contributed by atoms with E-state index in [1.54, 1.807) is 20.8 Å². The SMILES string of the molecule is CON(C)C(=O)CN(CCN(C)C)C(=O)OC(C)(C)C. The Hall–Kier alpha value is -1.34. The number of hydrogen-bond donors (Lipinski definition) is 0. The van der Waals surface area contributed by atoms with Gasteiger partial charge in [-0.2, -0.15) is 0 Å². The molecule has 0 spiro atoms. The van der Waals surface area contributed by atoms with Gasteiger partial charge in [-0.1, -0.05) is 0 Å². The summed E-state index contributed by atoms with van der Waals surface area (Å²) in [5.74, 6) is -0.308. The number of likely N-dealkylation sites (N-methyl/N-ethyl adjacent to an activating group) is 2. The molecule has 118 valence electrons. The molecule has 0 rings (SSSR count). The third-order valence-electron chi connectivity index (χ3n) is 2.42. The fourth-order valence-corrected chi connectivity index (χ4v) is 1.25. The van der Waals surface area contributed by atoms with Crippen molar-refractivity contribution in [1.82, 2.24) is 14.9 Å². The van der Waals surface area contributed by atoms with Gasteiger partial charge in [-0.3, -0.25) is 14.5 Å². The van der Waals surface area contributed by atoms with Gasteiger partial charge in [0, 0.05) is 20.1 Å². The molecule has 0 aliphatic heterocycles. The van der Waals surface area contributed by atoms with Crippen molar-refractivity contribution in [3.05, 3.63) is 0 Å². The Morgan fingerprint density at radius 1 is 1.05 bits per heavy atom. The maximum Gasteiger partial charge on any atom is 0.410 e. The fraction of sp³-hybridized carbons (Fsp3) is 0.846. The average molecular weight is 289 g/mol. The van der Waals surface area contributed by atoms with E-state index in [4.69, 9.17) is 9.57 Å². The highest BCUT2D eigenvalue weighted by molar-refractivity contribution is 5.81. The normalized spacial score (nSPS) is 11.4. The molecular formula is C13H27N3O4. The number of rotatable bonds is 6. The maximum absolute atomic E-state index is 12.1. The van der Waals surface area contributed by atoms with Gasteiger partial charge < -0.3 is 9.64 Å². The molecular weight excluding hydrogens is 262 g/mol. The summed E-state index contributed by atoms with van der Waals surface area (Å²) in [6.07, 6.45) is -0.503. The number of amides is 2. The van der Waals surface area contributed by atoms with Gasteiger partial charge in [0.1, 0.15) is 12.1 Å². The van der Waals surface area contributed by atoms with E-state index in [0.717, 1.165) is 5.06 Å². The first-order valence-corrected chi connectivity index (χ1v) is 6.50. The number of carbonyl (C=O) groups excluding carboxylic acids is 2. The minimum absolute atomic E-state index is 0.0763. The molecule has 0 unspecified atom stereocenters. The average Bonchev–Trinajstić information content (AvgIpc) is 2.30. The van der Waals surface area contributed by atoms with Gasteiger partial charge >= 0.3 is 6.09 Å². The van der Waals surface area contributed by atoms with Crippen LogP contribution < -0.4 is 0 Å². The van der Waals surface area contributed by atoms with E-state index in [9.17, 15) is 9.59 Å². The quantitative estimate of drug-likeness (QED) is 0.677. The van der Waals surface area contributed by atoms with Crippen molar-refractivity contribution < 1.29 is 19.2 Å². The van der Waals surface area contributed by atoms with E-state index in [-0.39, 0.29) is 12.5 Å². The minimum atomic E-state index is -0.594. The maximum atomic E-state index is 12.1. The minimum Gasteiger partial charge on any atom is -0.444 e. The van der Waals surface area contributed by atoms with Crippen molar-refractivity contribution in [2.45, 2.75) is 26.4 Å². The summed E-state index contributed by atoms with van der Waals surface area (Å²) in [6.45, 7) is 6.34. The largest absolute Gasteiger partial charge is 0.444 e. The Labute approximate surface area is 121 Å². The molecule has 0 saturated carbocycles. The van der Waals surface area contributed by atoms with Crippen molar-refractivity contribution >= 4 is 12.0 Å². The fourth-order valence-electron chi connectivity index (χ4n) is 1.25. The van der Waals surface area contributed by atoms with Crippen molar-refractivity contribution in [3.8, 4) is 0 Å². The van der Waals surface area contributed by atoms with Crippen LogP contribution in [0, 0.1) is 0 Å². The third kappa shape index (κ3) is 7.96. The highest BCUT2D eigenvalue weighted by Crippen LogP contribution is 2.10. The van der Waals surface area contributed by atoms with Crippen LogP contribution in [0.25, 0.3) is 0 Å². The van der Waals surface area contributed by atoms with Crippen LogP contribution in [-0.4, -0.2) is 80.4 Å². The van der Waals surface area contributed by atoms with Crippen molar-refractivity contribution in [2.24, 2.45) is 0 Å². The molecule has 7 nitrogen and oxygen atoms in total. The third-order valence-corrected chi connectivity index (χ3v) is 2.42. The molecule has 0 aromatic carbocycles. The van der Waals surface area contributed by atoms with E-state index in [1.807, 2.05) is 19.0 Å². The molecule has 0 N–H and O–H groups in total. The highest BCUT2D eigenvalue weighted by atomic mass is 16.7. The monoisotopic (exact) mass is 289 g/mol. The summed E-state index contributed by atoms with van der Waals surface area (Å²) < 4.78 is 5.30. The lowest BCUT2D eigenvalue weighted by Crippen LogP contribution is -2.45. The number of ether oxygens (including phenoxy) is 1. The van der Waals surface area contributed by atoms with Crippen LogP contribution in [0.5, 0.6) is 0 Å². The van der Waals surface area contributed by atoms with Gasteiger partial charge in [-0.15, -0.1) is 0 Å². The Morgan fingerprint density at radius 3 is 2.00 bits per heavy atom. The first-order valence-electron chi connectivity index (χ1n) is 6.50. The van der Waals surface area contributed by atoms with E-state index >= 15 is 0 Å². The second kappa shape index (κ2) is 8.06. The van der Waals surface area contributed by atoms with Crippen LogP contribution in [0.15, 0.2) is 0 Å². The van der Waals surface area contributed by atoms with Crippen LogP contribution in [0.3, 0.4) is 0 Å². The zero-order chi connectivity index (χ0) is 15.9. The van der Waals surface area contributed by atoms with E-state index in [2.05, 4.69) is 0 Å². The summed E-state index contributed by atoms with van der Waals surface area (Å²) in [4.78, 5) is 32.1. The molecule has 0 aliphatic rings. The molecule has 0 aromatic heterocycles. The van der Waals surface area contributed by atoms with Crippen LogP contribution in [0.2, 0.25) is 0 Å². The van der Waals surface area contributed by atoms with Crippen molar-refractivity contribution in [3.63, 3.8) is 0 Å². The van der Waals surface area contributed by atoms with Gasteiger partial charge in [0.25, 0.3) is 5.91 Å². The van der Waals surface area contributed by atoms with Crippen LogP contribution in [-0.2, 0) is 14.4 Å². The number of carbonyl (C=O) groups is 2. The molecule has 0 bridgehead atoms. The van der Waals surface area contributed by atoms with Crippen LogP contribution in [0.1, 0.15) is 20.8 Å². The number of hydrogen-bond acceptors (Lipinski definition) is 5. The number of hydroxylamine groups is 2. The van der Waals surface area contributed by atoms with E-state index < -0.39 is 11.7 Å². The molecule has 0 fully saturated rings. The molecule has 20 heavy (non-hydrogen) atoms. The lowest BCUT2D eigenvalue weighted by Gasteiger charge is -2.28. The standard InChI is InChI=1S/C13H27N3O4/c1-13(2,3)20-12(18)16(9-8-14(4)5)10-11(17)15(6)19-7/h8-10H2,1-7H3. The molecule has 0 heterocycles. The van der Waals surface area contributed by atoms with Gasteiger partial charge in [0.05, 0.1) is 7.11 Å². The van der Waals surface area contributed by atoms with Crippen LogP contribution in [0.4, 0.5) is 4.79 Å². The summed E-state index contributed by atoms with van der Waals surface area (Å²) in [6, 6.07) is 0. The number of nitrogens with zero attached hydrogens (tertiary/aromatic N) is 3. The molecule has 2 amide bonds. The van der Waals surface area contributed by atoms with Crippen LogP contribution >= 0.6 is 0 Å². The molecule has 0 atom stereocenters. The first kappa shape index (κ1) is 18.7. The predicted molar refractivity (Wildman–Crippen MR) is 76.1 cm³/mol. The summed E-state index contributed by atoms with van der Waals surface area (Å²) in [5, 5.41) is 1.09.